The summed E-state index contributed by atoms with van der Waals surface area (Å²) in [6.45, 7) is 3.95. The van der Waals surface area contributed by atoms with E-state index in [9.17, 15) is 9.90 Å². The van der Waals surface area contributed by atoms with Gasteiger partial charge in [0, 0.05) is 18.5 Å². The molecule has 0 radical (unpaired) electrons. The molecule has 5 nitrogen and oxygen atoms in total. The molecule has 0 fully saturated rings. The number of aromatic nitrogens is 1. The summed E-state index contributed by atoms with van der Waals surface area (Å²) in [5, 5.41) is 16.2. The summed E-state index contributed by atoms with van der Waals surface area (Å²) in [5.41, 5.74) is 1.76. The largest absolute Gasteiger partial charge is 0.393 e. The van der Waals surface area contributed by atoms with Gasteiger partial charge in [0.05, 0.1) is 11.8 Å². The summed E-state index contributed by atoms with van der Waals surface area (Å²) < 4.78 is 4.93. The number of nitrogens with zero attached hydrogens (tertiary/aromatic N) is 1. The first-order valence-corrected chi connectivity index (χ1v) is 7.00. The highest BCUT2D eigenvalue weighted by Crippen LogP contribution is 2.20. The van der Waals surface area contributed by atoms with Crippen molar-refractivity contribution in [1.29, 1.82) is 0 Å². The lowest BCUT2D eigenvalue weighted by Crippen LogP contribution is -2.29. The fraction of sp³-hybridized carbons (Fsp3) is 0.375. The minimum atomic E-state index is -0.431. The molecule has 1 aromatic heterocycles. The molecule has 1 heterocycles. The highest BCUT2D eigenvalue weighted by Gasteiger charge is 2.17. The summed E-state index contributed by atoms with van der Waals surface area (Å²) >= 11 is 0. The molecular formula is C16H20N2O3. The number of aliphatic hydroxyl groups is 1. The van der Waals surface area contributed by atoms with Gasteiger partial charge in [-0.15, -0.1) is 0 Å². The molecular weight excluding hydrogens is 268 g/mol. The predicted octanol–water partition coefficient (Wildman–Crippen LogP) is 2.27. The molecule has 0 saturated carbocycles. The van der Waals surface area contributed by atoms with Gasteiger partial charge >= 0.3 is 0 Å². The molecule has 2 unspecified atom stereocenters. The van der Waals surface area contributed by atoms with Gasteiger partial charge in [-0.05, 0) is 25.8 Å². The summed E-state index contributed by atoms with van der Waals surface area (Å²) in [4.78, 5) is 12.0. The molecule has 0 aliphatic carbocycles. The summed E-state index contributed by atoms with van der Waals surface area (Å²) in [6.07, 6.45) is 0.152. The van der Waals surface area contributed by atoms with Crippen LogP contribution in [0.3, 0.4) is 0 Å². The molecule has 2 aromatic rings. The molecule has 2 rings (SSSR count). The van der Waals surface area contributed by atoms with Crippen molar-refractivity contribution in [3.63, 3.8) is 0 Å². The molecule has 0 aliphatic rings. The van der Waals surface area contributed by atoms with Gasteiger partial charge in [0.25, 0.3) is 5.91 Å². The third kappa shape index (κ3) is 4.43. The van der Waals surface area contributed by atoms with Gasteiger partial charge in [0.1, 0.15) is 0 Å². The van der Waals surface area contributed by atoms with Crippen LogP contribution >= 0.6 is 0 Å². The molecule has 2 atom stereocenters. The lowest BCUT2D eigenvalue weighted by molar-refractivity contribution is 0.0909. The van der Waals surface area contributed by atoms with E-state index in [2.05, 4.69) is 10.5 Å². The molecule has 0 aliphatic heterocycles. The van der Waals surface area contributed by atoms with E-state index in [0.29, 0.717) is 18.7 Å². The number of amides is 1. The zero-order valence-electron chi connectivity index (χ0n) is 12.2. The normalized spacial score (nSPS) is 13.7. The maximum absolute atomic E-state index is 12.0. The van der Waals surface area contributed by atoms with Gasteiger partial charge in [-0.1, -0.05) is 35.5 Å². The van der Waals surface area contributed by atoms with Crippen molar-refractivity contribution in [2.75, 3.05) is 6.54 Å². The number of carbonyl (C=O) groups is 1. The second-order valence-corrected chi connectivity index (χ2v) is 5.23. The van der Waals surface area contributed by atoms with Crippen LogP contribution in [0.2, 0.25) is 0 Å². The molecule has 112 valence electrons. The third-order valence-electron chi connectivity index (χ3n) is 3.26. The van der Waals surface area contributed by atoms with Gasteiger partial charge in [-0.3, -0.25) is 4.79 Å². The monoisotopic (exact) mass is 288 g/mol. The molecule has 21 heavy (non-hydrogen) atoms. The van der Waals surface area contributed by atoms with Crippen molar-refractivity contribution in [2.24, 2.45) is 0 Å². The first-order chi connectivity index (χ1) is 10.1. The van der Waals surface area contributed by atoms with E-state index < -0.39 is 6.10 Å². The van der Waals surface area contributed by atoms with Crippen molar-refractivity contribution in [2.45, 2.75) is 32.3 Å². The summed E-state index contributed by atoms with van der Waals surface area (Å²) in [6, 6.07) is 11.4. The maximum Gasteiger partial charge on any atom is 0.289 e. The Balaban J connectivity index is 2.01. The Hall–Kier alpha value is -2.14. The first kappa shape index (κ1) is 15.3. The van der Waals surface area contributed by atoms with Crippen molar-refractivity contribution < 1.29 is 14.4 Å². The van der Waals surface area contributed by atoms with Crippen LogP contribution in [0.25, 0.3) is 0 Å². The Morgan fingerprint density at radius 1 is 1.38 bits per heavy atom. The van der Waals surface area contributed by atoms with E-state index in [1.165, 1.54) is 0 Å². The van der Waals surface area contributed by atoms with E-state index in [4.69, 9.17) is 4.52 Å². The van der Waals surface area contributed by atoms with Crippen molar-refractivity contribution in [3.05, 3.63) is 53.4 Å². The van der Waals surface area contributed by atoms with Crippen LogP contribution in [-0.4, -0.2) is 28.8 Å². The van der Waals surface area contributed by atoms with E-state index in [0.717, 1.165) is 5.56 Å². The number of carbonyl (C=O) groups excluding carboxylic acids is 1. The minimum Gasteiger partial charge on any atom is -0.393 e. The molecule has 2 N–H and O–H groups in total. The maximum atomic E-state index is 12.0. The zero-order chi connectivity index (χ0) is 15.2. The molecule has 0 bridgehead atoms. The SMILES string of the molecule is Cc1cc(C(=O)NCC(CC(C)O)c2ccccc2)on1. The number of nitrogens with one attached hydrogen (secondary N) is 1. The smallest absolute Gasteiger partial charge is 0.289 e. The second kappa shape index (κ2) is 7.04. The second-order valence-electron chi connectivity index (χ2n) is 5.23. The Labute approximate surface area is 124 Å². The average molecular weight is 288 g/mol. The number of benzene rings is 1. The van der Waals surface area contributed by atoms with Crippen LogP contribution in [0.5, 0.6) is 0 Å². The third-order valence-corrected chi connectivity index (χ3v) is 3.26. The highest BCUT2D eigenvalue weighted by molar-refractivity contribution is 5.91. The number of aliphatic hydroxyl groups excluding tert-OH is 1. The summed E-state index contributed by atoms with van der Waals surface area (Å²) in [7, 11) is 0. The lowest BCUT2D eigenvalue weighted by Gasteiger charge is -2.19. The minimum absolute atomic E-state index is 0.0548. The first-order valence-electron chi connectivity index (χ1n) is 7.00. The van der Waals surface area contributed by atoms with Gasteiger partial charge in [-0.25, -0.2) is 0 Å². The Kier molecular flexibility index (Phi) is 5.11. The highest BCUT2D eigenvalue weighted by atomic mass is 16.5. The van der Waals surface area contributed by atoms with Crippen LogP contribution < -0.4 is 5.32 Å². The number of hydrogen-bond donors (Lipinski definition) is 2. The van der Waals surface area contributed by atoms with Crippen molar-refractivity contribution >= 4 is 5.91 Å². The van der Waals surface area contributed by atoms with Gasteiger partial charge < -0.3 is 14.9 Å². The van der Waals surface area contributed by atoms with Crippen molar-refractivity contribution in [3.8, 4) is 0 Å². The van der Waals surface area contributed by atoms with Gasteiger partial charge in [0.15, 0.2) is 0 Å². The quantitative estimate of drug-likeness (QED) is 0.855. The Morgan fingerprint density at radius 3 is 2.67 bits per heavy atom. The molecule has 5 heteroatoms. The zero-order valence-corrected chi connectivity index (χ0v) is 12.2. The fourth-order valence-corrected chi connectivity index (χ4v) is 2.25. The van der Waals surface area contributed by atoms with E-state index in [1.54, 1.807) is 19.9 Å². The Morgan fingerprint density at radius 2 is 2.10 bits per heavy atom. The van der Waals surface area contributed by atoms with E-state index >= 15 is 0 Å². The van der Waals surface area contributed by atoms with Crippen LogP contribution in [0.4, 0.5) is 0 Å². The van der Waals surface area contributed by atoms with Crippen molar-refractivity contribution in [1.82, 2.24) is 10.5 Å². The van der Waals surface area contributed by atoms with Crippen LogP contribution in [0.15, 0.2) is 40.9 Å². The molecule has 1 aromatic carbocycles. The van der Waals surface area contributed by atoms with Gasteiger partial charge in [-0.2, -0.15) is 0 Å². The molecule has 1 amide bonds. The standard InChI is InChI=1S/C16H20N2O3/c1-11-8-15(21-18-11)16(20)17-10-14(9-12(2)19)13-6-4-3-5-7-13/h3-8,12,14,19H,9-10H2,1-2H3,(H,17,20). The van der Waals surface area contributed by atoms with Crippen LogP contribution in [-0.2, 0) is 0 Å². The topological polar surface area (TPSA) is 75.4 Å². The number of rotatable bonds is 6. The number of hydrogen-bond acceptors (Lipinski definition) is 4. The average Bonchev–Trinajstić information content (AvgIpc) is 2.90. The van der Waals surface area contributed by atoms with Crippen LogP contribution in [0.1, 0.15) is 41.1 Å². The lowest BCUT2D eigenvalue weighted by atomic mass is 9.93. The fourth-order valence-electron chi connectivity index (χ4n) is 2.25. The van der Waals surface area contributed by atoms with E-state index in [1.807, 2.05) is 30.3 Å². The predicted molar refractivity (Wildman–Crippen MR) is 79.1 cm³/mol. The molecule has 0 saturated heterocycles. The molecule has 0 spiro atoms. The van der Waals surface area contributed by atoms with Gasteiger partial charge in [0.2, 0.25) is 5.76 Å². The Bertz CT molecular complexity index is 578. The number of aryl methyl sites for hydroxylation is 1. The summed E-state index contributed by atoms with van der Waals surface area (Å²) in [5.74, 6) is -0.0300. The van der Waals surface area contributed by atoms with Crippen LogP contribution in [0, 0.1) is 6.92 Å². The van der Waals surface area contributed by atoms with E-state index in [-0.39, 0.29) is 17.6 Å².